The highest BCUT2D eigenvalue weighted by molar-refractivity contribution is 8.13. The van der Waals surface area contributed by atoms with Gasteiger partial charge in [-0.1, -0.05) is 25.6 Å². The summed E-state index contributed by atoms with van der Waals surface area (Å²) < 4.78 is 5.47. The van der Waals surface area contributed by atoms with E-state index in [4.69, 9.17) is 4.74 Å². The SMILES string of the molecule is CCOCC(NC1=NCCCS1)C(C)C. The van der Waals surface area contributed by atoms with Gasteiger partial charge >= 0.3 is 0 Å². The number of hydrogen-bond donors (Lipinski definition) is 1. The van der Waals surface area contributed by atoms with E-state index in [0.29, 0.717) is 12.0 Å². The summed E-state index contributed by atoms with van der Waals surface area (Å²) in [6.45, 7) is 8.98. The van der Waals surface area contributed by atoms with Crippen molar-refractivity contribution in [3.05, 3.63) is 0 Å². The molecule has 0 radical (unpaired) electrons. The maximum atomic E-state index is 5.47. The van der Waals surface area contributed by atoms with E-state index in [0.717, 1.165) is 24.9 Å². The van der Waals surface area contributed by atoms with Crippen LogP contribution in [0.5, 0.6) is 0 Å². The Morgan fingerprint density at radius 2 is 2.33 bits per heavy atom. The monoisotopic (exact) mass is 230 g/mol. The fourth-order valence-electron chi connectivity index (χ4n) is 1.35. The third-order valence-electron chi connectivity index (χ3n) is 2.41. The van der Waals surface area contributed by atoms with Gasteiger partial charge in [-0.05, 0) is 19.3 Å². The Morgan fingerprint density at radius 3 is 2.87 bits per heavy atom. The minimum atomic E-state index is 0.384. The molecule has 1 aliphatic rings. The van der Waals surface area contributed by atoms with Crippen molar-refractivity contribution in [2.24, 2.45) is 10.9 Å². The molecule has 0 saturated carbocycles. The van der Waals surface area contributed by atoms with Crippen LogP contribution in [0.15, 0.2) is 4.99 Å². The Labute approximate surface area is 97.1 Å². The van der Waals surface area contributed by atoms with E-state index in [1.54, 1.807) is 0 Å². The highest BCUT2D eigenvalue weighted by Gasteiger charge is 2.16. The lowest BCUT2D eigenvalue weighted by Crippen LogP contribution is -2.41. The van der Waals surface area contributed by atoms with Gasteiger partial charge in [0, 0.05) is 18.9 Å². The van der Waals surface area contributed by atoms with Crippen molar-refractivity contribution in [3.63, 3.8) is 0 Å². The van der Waals surface area contributed by atoms with Crippen molar-refractivity contribution in [2.75, 3.05) is 25.5 Å². The van der Waals surface area contributed by atoms with Gasteiger partial charge in [0.1, 0.15) is 0 Å². The molecule has 0 amide bonds. The second-order valence-corrected chi connectivity index (χ2v) is 5.13. The summed E-state index contributed by atoms with van der Waals surface area (Å²) in [7, 11) is 0. The number of thioether (sulfide) groups is 1. The van der Waals surface area contributed by atoms with Crippen molar-refractivity contribution < 1.29 is 4.74 Å². The van der Waals surface area contributed by atoms with Gasteiger partial charge < -0.3 is 10.1 Å². The average Bonchev–Trinajstić information content (AvgIpc) is 2.25. The fourth-order valence-corrected chi connectivity index (χ4v) is 2.24. The molecule has 3 nitrogen and oxygen atoms in total. The van der Waals surface area contributed by atoms with Crippen LogP contribution in [0.2, 0.25) is 0 Å². The number of nitrogens with zero attached hydrogens (tertiary/aromatic N) is 1. The Bertz CT molecular complexity index is 207. The summed E-state index contributed by atoms with van der Waals surface area (Å²) in [5.74, 6) is 1.76. The molecule has 0 saturated heterocycles. The molecular weight excluding hydrogens is 208 g/mol. The number of nitrogens with one attached hydrogen (secondary N) is 1. The van der Waals surface area contributed by atoms with Crippen molar-refractivity contribution in [1.82, 2.24) is 5.32 Å². The van der Waals surface area contributed by atoms with Crippen molar-refractivity contribution >= 4 is 16.9 Å². The molecule has 88 valence electrons. The van der Waals surface area contributed by atoms with Crippen LogP contribution < -0.4 is 5.32 Å². The first-order valence-electron chi connectivity index (χ1n) is 5.75. The largest absolute Gasteiger partial charge is 0.380 e. The Kier molecular flexibility index (Phi) is 6.10. The lowest BCUT2D eigenvalue weighted by molar-refractivity contribution is 0.115. The molecule has 0 aromatic heterocycles. The maximum absolute atomic E-state index is 5.47. The summed E-state index contributed by atoms with van der Waals surface area (Å²) in [5.41, 5.74) is 0. The van der Waals surface area contributed by atoms with E-state index in [9.17, 15) is 0 Å². The number of amidine groups is 1. The normalized spacial score (nSPS) is 18.8. The van der Waals surface area contributed by atoms with Gasteiger partial charge in [-0.3, -0.25) is 4.99 Å². The fraction of sp³-hybridized carbons (Fsp3) is 0.909. The number of aliphatic imine (C=N–C) groups is 1. The number of ether oxygens (including phenoxy) is 1. The van der Waals surface area contributed by atoms with Gasteiger partial charge in [-0.25, -0.2) is 0 Å². The van der Waals surface area contributed by atoms with Gasteiger partial charge in [0.25, 0.3) is 0 Å². The van der Waals surface area contributed by atoms with E-state index in [1.807, 2.05) is 18.7 Å². The smallest absolute Gasteiger partial charge is 0.156 e. The van der Waals surface area contributed by atoms with Crippen LogP contribution in [-0.4, -0.2) is 36.7 Å². The van der Waals surface area contributed by atoms with Crippen LogP contribution >= 0.6 is 11.8 Å². The quantitative estimate of drug-likeness (QED) is 0.785. The highest BCUT2D eigenvalue weighted by Crippen LogP contribution is 2.12. The van der Waals surface area contributed by atoms with Crippen LogP contribution in [-0.2, 0) is 4.74 Å². The van der Waals surface area contributed by atoms with Crippen molar-refractivity contribution in [1.29, 1.82) is 0 Å². The molecule has 1 aliphatic heterocycles. The first kappa shape index (κ1) is 12.8. The van der Waals surface area contributed by atoms with Crippen molar-refractivity contribution in [2.45, 2.75) is 33.2 Å². The average molecular weight is 230 g/mol. The molecule has 0 aromatic rings. The molecule has 0 fully saturated rings. The molecule has 0 spiro atoms. The Balaban J connectivity index is 2.38. The molecule has 1 unspecified atom stereocenters. The molecule has 15 heavy (non-hydrogen) atoms. The third kappa shape index (κ3) is 4.89. The van der Waals surface area contributed by atoms with Gasteiger partial charge in [-0.15, -0.1) is 0 Å². The van der Waals surface area contributed by atoms with E-state index >= 15 is 0 Å². The van der Waals surface area contributed by atoms with Gasteiger partial charge in [0.15, 0.2) is 5.17 Å². The van der Waals surface area contributed by atoms with Crippen LogP contribution in [0.3, 0.4) is 0 Å². The summed E-state index contributed by atoms with van der Waals surface area (Å²) >= 11 is 1.83. The molecule has 0 bridgehead atoms. The standard InChI is InChI=1S/C11H22N2OS/c1-4-14-8-10(9(2)3)13-11-12-6-5-7-15-11/h9-10H,4-8H2,1-3H3,(H,12,13). The Hall–Kier alpha value is -0.220. The zero-order valence-corrected chi connectivity index (χ0v) is 10.8. The van der Waals surface area contributed by atoms with E-state index in [2.05, 4.69) is 24.2 Å². The first-order chi connectivity index (χ1) is 7.24. The van der Waals surface area contributed by atoms with E-state index in [-0.39, 0.29) is 0 Å². The summed E-state index contributed by atoms with van der Waals surface area (Å²) in [6.07, 6.45) is 1.20. The minimum absolute atomic E-state index is 0.384. The maximum Gasteiger partial charge on any atom is 0.156 e. The second-order valence-electron chi connectivity index (χ2n) is 4.04. The topological polar surface area (TPSA) is 33.6 Å². The summed E-state index contributed by atoms with van der Waals surface area (Å²) in [5, 5.41) is 4.58. The van der Waals surface area contributed by atoms with Crippen molar-refractivity contribution in [3.8, 4) is 0 Å². The number of hydrogen-bond acceptors (Lipinski definition) is 4. The predicted molar refractivity (Wildman–Crippen MR) is 67.6 cm³/mol. The molecule has 0 aromatic carbocycles. The predicted octanol–water partition coefficient (Wildman–Crippen LogP) is 2.13. The number of rotatable bonds is 5. The lowest BCUT2D eigenvalue weighted by Gasteiger charge is -2.25. The second kappa shape index (κ2) is 7.12. The molecule has 1 atom stereocenters. The van der Waals surface area contributed by atoms with Crippen LogP contribution in [0.1, 0.15) is 27.2 Å². The molecule has 1 rings (SSSR count). The van der Waals surface area contributed by atoms with Gasteiger partial charge in [-0.2, -0.15) is 0 Å². The van der Waals surface area contributed by atoms with Gasteiger partial charge in [0.2, 0.25) is 0 Å². The third-order valence-corrected chi connectivity index (χ3v) is 3.42. The van der Waals surface area contributed by atoms with E-state index in [1.165, 1.54) is 12.2 Å². The molecule has 4 heteroatoms. The molecule has 1 heterocycles. The van der Waals surface area contributed by atoms with E-state index < -0.39 is 0 Å². The summed E-state index contributed by atoms with van der Waals surface area (Å²) in [4.78, 5) is 4.47. The zero-order chi connectivity index (χ0) is 11.1. The van der Waals surface area contributed by atoms with Crippen LogP contribution in [0, 0.1) is 5.92 Å². The first-order valence-corrected chi connectivity index (χ1v) is 6.74. The minimum Gasteiger partial charge on any atom is -0.380 e. The highest BCUT2D eigenvalue weighted by atomic mass is 32.2. The van der Waals surface area contributed by atoms with Crippen LogP contribution in [0.4, 0.5) is 0 Å². The molecule has 1 N–H and O–H groups in total. The van der Waals surface area contributed by atoms with Crippen LogP contribution in [0.25, 0.3) is 0 Å². The zero-order valence-electron chi connectivity index (χ0n) is 9.95. The lowest BCUT2D eigenvalue weighted by atomic mass is 10.1. The molecule has 0 aliphatic carbocycles. The van der Waals surface area contributed by atoms with Gasteiger partial charge in [0.05, 0.1) is 12.6 Å². The molecular formula is C11H22N2OS. The summed E-state index contributed by atoms with van der Waals surface area (Å²) in [6, 6.07) is 0.384. The Morgan fingerprint density at radius 1 is 1.53 bits per heavy atom.